The number of hydrogen-bond acceptors (Lipinski definition) is 2. The molecule has 2 rings (SSSR count). The van der Waals surface area contributed by atoms with Crippen LogP contribution in [0.2, 0.25) is 0 Å². The molecule has 2 saturated heterocycles. The Bertz CT molecular complexity index is 232. The van der Waals surface area contributed by atoms with Crippen molar-refractivity contribution in [2.75, 3.05) is 18.4 Å². The van der Waals surface area contributed by atoms with E-state index in [2.05, 4.69) is 34.7 Å². The number of rotatable bonds is 3. The van der Waals surface area contributed by atoms with Crippen molar-refractivity contribution in [1.29, 1.82) is 0 Å². The van der Waals surface area contributed by atoms with Gasteiger partial charge >= 0.3 is 0 Å². The quantitative estimate of drug-likeness (QED) is 0.740. The maximum atomic E-state index is 6.09. The Morgan fingerprint density at radius 2 is 2.12 bits per heavy atom. The van der Waals surface area contributed by atoms with Crippen molar-refractivity contribution in [2.45, 2.75) is 63.7 Å². The lowest BCUT2D eigenvalue weighted by Gasteiger charge is -2.36. The van der Waals surface area contributed by atoms with Crippen molar-refractivity contribution in [3.05, 3.63) is 0 Å². The number of ether oxygens (including phenoxy) is 1. The molecule has 2 aliphatic rings. The number of hydrogen-bond donors (Lipinski definition) is 0. The van der Waals surface area contributed by atoms with Crippen molar-refractivity contribution < 1.29 is 4.74 Å². The van der Waals surface area contributed by atoms with Crippen LogP contribution in [0.4, 0.5) is 0 Å². The zero-order chi connectivity index (χ0) is 11.6. The van der Waals surface area contributed by atoms with Gasteiger partial charge in [0.15, 0.2) is 0 Å². The first-order valence-electron chi connectivity index (χ1n) is 6.58. The normalized spacial score (nSPS) is 35.4. The van der Waals surface area contributed by atoms with Crippen molar-refractivity contribution in [2.24, 2.45) is 0 Å². The van der Waals surface area contributed by atoms with Gasteiger partial charge in [0.25, 0.3) is 0 Å². The minimum absolute atomic E-state index is 0.115. The fourth-order valence-electron chi connectivity index (χ4n) is 2.94. The first-order chi connectivity index (χ1) is 7.61. The molecule has 94 valence electrons. The molecule has 0 spiro atoms. The Morgan fingerprint density at radius 3 is 2.75 bits per heavy atom. The van der Waals surface area contributed by atoms with E-state index in [1.807, 2.05) is 0 Å². The van der Waals surface area contributed by atoms with Crippen molar-refractivity contribution >= 4 is 15.9 Å². The Kier molecular flexibility index (Phi) is 4.31. The molecule has 2 heterocycles. The van der Waals surface area contributed by atoms with Gasteiger partial charge in [-0.1, -0.05) is 22.4 Å². The second kappa shape index (κ2) is 5.36. The molecular weight excluding hydrogens is 266 g/mol. The highest BCUT2D eigenvalue weighted by Crippen LogP contribution is 2.31. The van der Waals surface area contributed by atoms with Crippen LogP contribution >= 0.6 is 15.9 Å². The molecule has 3 heteroatoms. The van der Waals surface area contributed by atoms with Crippen LogP contribution in [-0.4, -0.2) is 41.1 Å². The van der Waals surface area contributed by atoms with Gasteiger partial charge in [-0.3, -0.25) is 4.90 Å². The van der Waals surface area contributed by atoms with Crippen LogP contribution in [0.25, 0.3) is 0 Å². The number of likely N-dealkylation sites (tertiary alicyclic amines) is 1. The summed E-state index contributed by atoms with van der Waals surface area (Å²) in [6.07, 6.45) is 7.02. The van der Waals surface area contributed by atoms with Gasteiger partial charge in [-0.25, -0.2) is 0 Å². The predicted octanol–water partition coefficient (Wildman–Crippen LogP) is 3.19. The molecular formula is C13H24BrNO. The third-order valence-electron chi connectivity index (χ3n) is 3.92. The summed E-state index contributed by atoms with van der Waals surface area (Å²) in [5, 5.41) is 1.11. The van der Waals surface area contributed by atoms with Crippen LogP contribution in [0, 0.1) is 0 Å². The maximum absolute atomic E-state index is 6.09. The fraction of sp³-hybridized carbons (Fsp3) is 1.00. The molecule has 0 radical (unpaired) electrons. The van der Waals surface area contributed by atoms with Crippen LogP contribution < -0.4 is 0 Å². The Morgan fingerprint density at radius 1 is 1.31 bits per heavy atom. The maximum Gasteiger partial charge on any atom is 0.0710 e. The highest BCUT2D eigenvalue weighted by Gasteiger charge is 2.34. The Hall–Kier alpha value is 0.400. The molecule has 2 atom stereocenters. The number of halogens is 1. The molecule has 0 aromatic rings. The molecule has 0 aliphatic carbocycles. The standard InChI is InChI=1S/C13H24BrNO/c1-13(2)7-6-12(16-13)10-15-8-4-3-5-11(15)9-14/h11-12H,3-10H2,1-2H3. The molecule has 0 aromatic carbocycles. The summed E-state index contributed by atoms with van der Waals surface area (Å²) in [6, 6.07) is 0.737. The molecule has 16 heavy (non-hydrogen) atoms. The number of piperidine rings is 1. The van der Waals surface area contributed by atoms with Gasteiger partial charge in [-0.2, -0.15) is 0 Å². The Balaban J connectivity index is 1.84. The van der Waals surface area contributed by atoms with Gasteiger partial charge in [0, 0.05) is 17.9 Å². The van der Waals surface area contributed by atoms with Gasteiger partial charge in [-0.05, 0) is 46.1 Å². The topological polar surface area (TPSA) is 12.5 Å². The lowest BCUT2D eigenvalue weighted by Crippen LogP contribution is -2.44. The summed E-state index contributed by atoms with van der Waals surface area (Å²) in [6.45, 7) is 6.83. The summed E-state index contributed by atoms with van der Waals surface area (Å²) in [5.74, 6) is 0. The Labute approximate surface area is 108 Å². The molecule has 0 amide bonds. The van der Waals surface area contributed by atoms with Gasteiger partial charge in [0.2, 0.25) is 0 Å². The van der Waals surface area contributed by atoms with E-state index >= 15 is 0 Å². The van der Waals surface area contributed by atoms with Crippen molar-refractivity contribution in [1.82, 2.24) is 4.90 Å². The average Bonchev–Trinajstić information content (AvgIpc) is 2.59. The average molecular weight is 290 g/mol. The van der Waals surface area contributed by atoms with E-state index in [9.17, 15) is 0 Å². The van der Waals surface area contributed by atoms with E-state index in [4.69, 9.17) is 4.74 Å². The first-order valence-corrected chi connectivity index (χ1v) is 7.71. The summed E-state index contributed by atoms with van der Waals surface area (Å²) < 4.78 is 6.09. The number of nitrogens with zero attached hydrogens (tertiary/aromatic N) is 1. The summed E-state index contributed by atoms with van der Waals surface area (Å²) in [4.78, 5) is 2.63. The molecule has 0 N–H and O–H groups in total. The van der Waals surface area contributed by atoms with Crippen LogP contribution in [0.3, 0.4) is 0 Å². The van der Waals surface area contributed by atoms with Crippen molar-refractivity contribution in [3.63, 3.8) is 0 Å². The summed E-state index contributed by atoms with van der Waals surface area (Å²) in [5.41, 5.74) is 0.115. The third-order valence-corrected chi connectivity index (χ3v) is 4.67. The van der Waals surface area contributed by atoms with Gasteiger partial charge < -0.3 is 4.74 Å². The van der Waals surface area contributed by atoms with E-state index in [0.29, 0.717) is 6.10 Å². The van der Waals surface area contributed by atoms with Gasteiger partial charge in [0.1, 0.15) is 0 Å². The van der Waals surface area contributed by atoms with Crippen LogP contribution in [-0.2, 0) is 4.74 Å². The van der Waals surface area contributed by atoms with Crippen LogP contribution in [0.5, 0.6) is 0 Å². The molecule has 0 bridgehead atoms. The zero-order valence-corrected chi connectivity index (χ0v) is 12.1. The molecule has 2 aliphatic heterocycles. The molecule has 2 unspecified atom stereocenters. The van der Waals surface area contributed by atoms with E-state index in [1.165, 1.54) is 38.6 Å². The highest BCUT2D eigenvalue weighted by atomic mass is 79.9. The summed E-state index contributed by atoms with van der Waals surface area (Å²) >= 11 is 3.64. The number of alkyl halides is 1. The predicted molar refractivity (Wildman–Crippen MR) is 71.2 cm³/mol. The monoisotopic (exact) mass is 289 g/mol. The largest absolute Gasteiger partial charge is 0.371 e. The summed E-state index contributed by atoms with van der Waals surface area (Å²) in [7, 11) is 0. The van der Waals surface area contributed by atoms with Gasteiger partial charge in [-0.15, -0.1) is 0 Å². The second-order valence-corrected chi connectivity index (χ2v) is 6.48. The second-order valence-electron chi connectivity index (χ2n) is 5.84. The lowest BCUT2D eigenvalue weighted by molar-refractivity contribution is -0.0356. The molecule has 0 aromatic heterocycles. The zero-order valence-electron chi connectivity index (χ0n) is 10.5. The minimum atomic E-state index is 0.115. The molecule has 2 nitrogen and oxygen atoms in total. The molecule has 0 saturated carbocycles. The van der Waals surface area contributed by atoms with Crippen LogP contribution in [0.1, 0.15) is 46.0 Å². The minimum Gasteiger partial charge on any atom is -0.371 e. The molecule has 2 fully saturated rings. The van der Waals surface area contributed by atoms with E-state index in [0.717, 1.165) is 17.9 Å². The smallest absolute Gasteiger partial charge is 0.0710 e. The van der Waals surface area contributed by atoms with E-state index in [1.54, 1.807) is 0 Å². The highest BCUT2D eigenvalue weighted by molar-refractivity contribution is 9.09. The van der Waals surface area contributed by atoms with E-state index in [-0.39, 0.29) is 5.60 Å². The lowest BCUT2D eigenvalue weighted by atomic mass is 10.0. The first kappa shape index (κ1) is 12.8. The fourth-order valence-corrected chi connectivity index (χ4v) is 3.68. The van der Waals surface area contributed by atoms with Crippen LogP contribution in [0.15, 0.2) is 0 Å². The van der Waals surface area contributed by atoms with Gasteiger partial charge in [0.05, 0.1) is 11.7 Å². The van der Waals surface area contributed by atoms with E-state index < -0.39 is 0 Å². The van der Waals surface area contributed by atoms with Crippen molar-refractivity contribution in [3.8, 4) is 0 Å². The third kappa shape index (κ3) is 3.21. The SMILES string of the molecule is CC1(C)CCC(CN2CCCCC2CBr)O1.